The van der Waals surface area contributed by atoms with Crippen LogP contribution < -0.4 is 10.2 Å². The van der Waals surface area contributed by atoms with E-state index in [0.717, 1.165) is 50.6 Å². The minimum atomic E-state index is -0.190. The van der Waals surface area contributed by atoms with Crippen molar-refractivity contribution in [3.63, 3.8) is 0 Å². The number of allylic oxidation sites excluding steroid dienone is 1. The Kier molecular flexibility index (Phi) is 4.74. The normalized spacial score (nSPS) is 18.6. The van der Waals surface area contributed by atoms with Crippen molar-refractivity contribution in [3.8, 4) is 11.4 Å². The van der Waals surface area contributed by atoms with Gasteiger partial charge in [0.15, 0.2) is 0 Å². The van der Waals surface area contributed by atoms with Gasteiger partial charge in [0.05, 0.1) is 22.4 Å². The molecule has 1 N–H and O–H groups in total. The molecule has 5 nitrogen and oxygen atoms in total. The van der Waals surface area contributed by atoms with Gasteiger partial charge in [-0.3, -0.25) is 9.56 Å². The largest absolute Gasteiger partial charge is 0.360 e. The van der Waals surface area contributed by atoms with Crippen LogP contribution >= 0.6 is 0 Å². The maximum absolute atomic E-state index is 5.13. The summed E-state index contributed by atoms with van der Waals surface area (Å²) < 4.78 is 2.35. The summed E-state index contributed by atoms with van der Waals surface area (Å²) >= 11 is 0. The van der Waals surface area contributed by atoms with E-state index < -0.39 is 0 Å². The third-order valence-corrected chi connectivity index (χ3v) is 7.06. The second kappa shape index (κ2) is 8.24. The molecule has 4 aromatic carbocycles. The van der Waals surface area contributed by atoms with Gasteiger partial charge in [-0.1, -0.05) is 84.9 Å². The van der Waals surface area contributed by atoms with Gasteiger partial charge in [0.2, 0.25) is 0 Å². The summed E-state index contributed by atoms with van der Waals surface area (Å²) in [5.41, 5.74) is 8.69. The molecule has 36 heavy (non-hydrogen) atoms. The molecule has 0 bridgehead atoms. The molecule has 5 aromatic rings. The van der Waals surface area contributed by atoms with Crippen LogP contribution in [0, 0.1) is 0 Å². The molecule has 0 saturated carbocycles. The van der Waals surface area contributed by atoms with Gasteiger partial charge >= 0.3 is 0 Å². The third kappa shape index (κ3) is 3.24. The van der Waals surface area contributed by atoms with Crippen LogP contribution in [0.4, 0.5) is 5.69 Å². The molecule has 0 radical (unpaired) electrons. The Labute approximate surface area is 210 Å². The topological polar surface area (TPSA) is 45.5 Å². The summed E-state index contributed by atoms with van der Waals surface area (Å²) in [5.74, 6) is 0.984. The van der Waals surface area contributed by atoms with Crippen LogP contribution in [0.1, 0.15) is 23.5 Å². The van der Waals surface area contributed by atoms with Crippen molar-refractivity contribution in [2.24, 2.45) is 4.99 Å². The van der Waals surface area contributed by atoms with Crippen molar-refractivity contribution >= 4 is 22.4 Å². The Morgan fingerprint density at radius 2 is 1.44 bits per heavy atom. The number of benzene rings is 4. The molecular weight excluding hydrogens is 442 g/mol. The molecular formula is C31H25N5. The average Bonchev–Trinajstić information content (AvgIpc) is 3.34. The quantitative estimate of drug-likeness (QED) is 0.337. The number of hydrogen-bond donors (Lipinski definition) is 1. The fraction of sp³-hybridized carbons (Fsp3) is 0.0968. The fourth-order valence-corrected chi connectivity index (χ4v) is 5.37. The highest BCUT2D eigenvalue weighted by Gasteiger charge is 2.35. The van der Waals surface area contributed by atoms with E-state index in [0.29, 0.717) is 0 Å². The predicted octanol–water partition coefficient (Wildman–Crippen LogP) is 6.33. The van der Waals surface area contributed by atoms with E-state index in [1.54, 1.807) is 0 Å². The number of rotatable bonds is 3. The van der Waals surface area contributed by atoms with E-state index in [1.165, 1.54) is 0 Å². The van der Waals surface area contributed by atoms with Crippen LogP contribution in [-0.4, -0.2) is 22.3 Å². The Hall–Kier alpha value is -4.64. The van der Waals surface area contributed by atoms with Gasteiger partial charge in [0.1, 0.15) is 18.2 Å². The molecule has 174 valence electrons. The molecule has 1 aromatic heterocycles. The third-order valence-electron chi connectivity index (χ3n) is 7.06. The average molecular weight is 468 g/mol. The molecule has 5 heteroatoms. The van der Waals surface area contributed by atoms with Crippen molar-refractivity contribution < 1.29 is 0 Å². The molecule has 0 aliphatic carbocycles. The molecule has 2 atom stereocenters. The lowest BCUT2D eigenvalue weighted by atomic mass is 10.0. The first-order valence-electron chi connectivity index (χ1n) is 12.2. The molecule has 0 spiro atoms. The van der Waals surface area contributed by atoms with Crippen LogP contribution in [0.15, 0.2) is 126 Å². The lowest BCUT2D eigenvalue weighted by Crippen LogP contribution is -2.41. The Balaban J connectivity index is 1.44. The highest BCUT2D eigenvalue weighted by Crippen LogP contribution is 2.44. The maximum Gasteiger partial charge on any atom is 0.148 e. The number of hydrogen-bond acceptors (Lipinski definition) is 4. The number of anilines is 1. The Morgan fingerprint density at radius 3 is 2.28 bits per heavy atom. The second-order valence-corrected chi connectivity index (χ2v) is 9.23. The van der Waals surface area contributed by atoms with Gasteiger partial charge in [0.25, 0.3) is 0 Å². The van der Waals surface area contributed by atoms with Crippen molar-refractivity contribution in [3.05, 3.63) is 132 Å². The summed E-state index contributed by atoms with van der Waals surface area (Å²) in [4.78, 5) is 12.5. The zero-order valence-electron chi connectivity index (χ0n) is 19.9. The smallest absolute Gasteiger partial charge is 0.148 e. The summed E-state index contributed by atoms with van der Waals surface area (Å²) in [6, 6.07) is 37.7. The Morgan fingerprint density at radius 1 is 0.750 bits per heavy atom. The summed E-state index contributed by atoms with van der Waals surface area (Å²) in [5, 5.41) is 3.78. The SMILES string of the molecule is CN1c2ccccc2-c2nc3ccccc3n2C1C1=CC(c2ccccc2)=NC(c2ccccc2)N1. The maximum atomic E-state index is 5.13. The van der Waals surface area contributed by atoms with Crippen molar-refractivity contribution in [2.75, 3.05) is 11.9 Å². The van der Waals surface area contributed by atoms with Gasteiger partial charge in [-0.15, -0.1) is 0 Å². The Bertz CT molecular complexity index is 1630. The number of fused-ring (bicyclic) bond motifs is 5. The number of likely N-dealkylation sites (N-methyl/N-ethyl adjacent to an activating group) is 1. The van der Waals surface area contributed by atoms with Gasteiger partial charge in [-0.05, 0) is 41.5 Å². The highest BCUT2D eigenvalue weighted by atomic mass is 15.4. The molecule has 2 unspecified atom stereocenters. The molecule has 3 heterocycles. The van der Waals surface area contributed by atoms with Gasteiger partial charge in [0, 0.05) is 18.3 Å². The lowest BCUT2D eigenvalue weighted by Gasteiger charge is -2.41. The lowest BCUT2D eigenvalue weighted by molar-refractivity contribution is 0.490. The first-order valence-corrected chi connectivity index (χ1v) is 12.2. The first kappa shape index (κ1) is 20.7. The number of aliphatic imine (C=N–C) groups is 1. The van der Waals surface area contributed by atoms with Crippen molar-refractivity contribution in [2.45, 2.75) is 12.3 Å². The van der Waals surface area contributed by atoms with Gasteiger partial charge in [-0.2, -0.15) is 0 Å². The number of aromatic nitrogens is 2. The fourth-order valence-electron chi connectivity index (χ4n) is 5.37. The second-order valence-electron chi connectivity index (χ2n) is 9.23. The number of imidazole rings is 1. The number of nitrogens with one attached hydrogen (secondary N) is 1. The first-order chi connectivity index (χ1) is 17.8. The van der Waals surface area contributed by atoms with E-state index >= 15 is 0 Å². The highest BCUT2D eigenvalue weighted by molar-refractivity contribution is 6.09. The number of para-hydroxylation sites is 3. The van der Waals surface area contributed by atoms with Crippen LogP contribution in [0.3, 0.4) is 0 Å². The summed E-state index contributed by atoms with van der Waals surface area (Å²) in [7, 11) is 2.16. The summed E-state index contributed by atoms with van der Waals surface area (Å²) in [6.07, 6.45) is 1.90. The van der Waals surface area contributed by atoms with Crippen molar-refractivity contribution in [1.29, 1.82) is 0 Å². The van der Waals surface area contributed by atoms with E-state index in [9.17, 15) is 0 Å². The molecule has 0 saturated heterocycles. The minimum Gasteiger partial charge on any atom is -0.360 e. The van der Waals surface area contributed by atoms with Gasteiger partial charge < -0.3 is 10.2 Å². The zero-order valence-corrected chi connectivity index (χ0v) is 19.9. The molecule has 2 aliphatic heterocycles. The summed E-state index contributed by atoms with van der Waals surface area (Å²) in [6.45, 7) is 0. The monoisotopic (exact) mass is 467 g/mol. The van der Waals surface area contributed by atoms with Crippen LogP contribution in [-0.2, 0) is 0 Å². The predicted molar refractivity (Wildman–Crippen MR) is 146 cm³/mol. The van der Waals surface area contributed by atoms with Crippen molar-refractivity contribution in [1.82, 2.24) is 14.9 Å². The van der Waals surface area contributed by atoms with Crippen LogP contribution in [0.2, 0.25) is 0 Å². The molecule has 0 fully saturated rings. The molecule has 7 rings (SSSR count). The zero-order chi connectivity index (χ0) is 24.1. The number of nitrogens with zero attached hydrogens (tertiary/aromatic N) is 4. The molecule has 2 aliphatic rings. The minimum absolute atomic E-state index is 0.109. The van der Waals surface area contributed by atoms with E-state index in [4.69, 9.17) is 9.98 Å². The van der Waals surface area contributed by atoms with E-state index in [1.807, 2.05) is 12.1 Å². The van der Waals surface area contributed by atoms with Crippen LogP contribution in [0.5, 0.6) is 0 Å². The van der Waals surface area contributed by atoms with Gasteiger partial charge in [-0.25, -0.2) is 4.98 Å². The molecule has 0 amide bonds. The van der Waals surface area contributed by atoms with E-state index in [2.05, 4.69) is 125 Å². The standard InChI is InChI=1S/C31H25N5/c1-35-27-18-10-8-16-23(27)30-34-24-17-9-11-19-28(24)36(30)31(35)26-20-25(21-12-4-2-5-13-21)32-29(33-26)22-14-6-3-7-15-22/h2-20,29,31,33H,1H3. The van der Waals surface area contributed by atoms with E-state index in [-0.39, 0.29) is 12.3 Å². The van der Waals surface area contributed by atoms with Crippen LogP contribution in [0.25, 0.3) is 22.4 Å².